The van der Waals surface area contributed by atoms with Gasteiger partial charge in [0, 0.05) is 0 Å². The van der Waals surface area contributed by atoms with Crippen LogP contribution in [0.2, 0.25) is 0 Å². The van der Waals surface area contributed by atoms with Crippen molar-refractivity contribution in [2.24, 2.45) is 0 Å². The van der Waals surface area contributed by atoms with Crippen molar-refractivity contribution in [1.82, 2.24) is 9.55 Å². The Labute approximate surface area is 89.8 Å². The lowest BCUT2D eigenvalue weighted by molar-refractivity contribution is -0.137. The highest BCUT2D eigenvalue weighted by Crippen LogP contribution is 2.15. The number of fused-ring (bicyclic) bond motifs is 1. The lowest BCUT2D eigenvalue weighted by atomic mass is 10.3. The highest BCUT2D eigenvalue weighted by atomic mass is 16.4. The Morgan fingerprint density at radius 3 is 2.56 bits per heavy atom. The fourth-order valence-corrected chi connectivity index (χ4v) is 1.53. The van der Waals surface area contributed by atoms with Crippen LogP contribution in [-0.2, 0) is 11.3 Å². The molecule has 0 aliphatic carbocycles. The van der Waals surface area contributed by atoms with Crippen molar-refractivity contribution in [3.05, 3.63) is 30.1 Å². The highest BCUT2D eigenvalue weighted by Gasteiger charge is 2.17. The van der Waals surface area contributed by atoms with Crippen LogP contribution in [0.25, 0.3) is 11.0 Å². The van der Waals surface area contributed by atoms with E-state index in [1.165, 1.54) is 4.57 Å². The van der Waals surface area contributed by atoms with Gasteiger partial charge < -0.3 is 14.8 Å². The average Bonchev–Trinajstić information content (AvgIpc) is 2.57. The van der Waals surface area contributed by atoms with Crippen LogP contribution in [0.15, 0.2) is 24.3 Å². The molecule has 0 saturated carbocycles. The number of carboxylic acids is 2. The molecule has 2 N–H and O–H groups in total. The molecule has 0 spiro atoms. The first-order valence-corrected chi connectivity index (χ1v) is 4.50. The number of para-hydroxylation sites is 2. The SMILES string of the molecule is O=C(O)Cn1c(C(=O)O)nc2ccccc21. The van der Waals surface area contributed by atoms with Gasteiger partial charge in [0.15, 0.2) is 0 Å². The quantitative estimate of drug-likeness (QED) is 0.798. The molecule has 1 aromatic carbocycles. The van der Waals surface area contributed by atoms with Gasteiger partial charge in [0.25, 0.3) is 0 Å². The van der Waals surface area contributed by atoms with Crippen LogP contribution in [0, 0.1) is 0 Å². The Morgan fingerprint density at radius 2 is 1.94 bits per heavy atom. The van der Waals surface area contributed by atoms with Crippen molar-refractivity contribution in [1.29, 1.82) is 0 Å². The maximum Gasteiger partial charge on any atom is 0.372 e. The first-order valence-electron chi connectivity index (χ1n) is 4.50. The summed E-state index contributed by atoms with van der Waals surface area (Å²) in [6.07, 6.45) is 0. The van der Waals surface area contributed by atoms with Crippen LogP contribution < -0.4 is 0 Å². The third-order valence-corrected chi connectivity index (χ3v) is 2.14. The van der Waals surface area contributed by atoms with E-state index in [1.807, 2.05) is 0 Å². The van der Waals surface area contributed by atoms with E-state index in [9.17, 15) is 9.59 Å². The number of nitrogens with zero attached hydrogens (tertiary/aromatic N) is 2. The molecule has 0 radical (unpaired) electrons. The summed E-state index contributed by atoms with van der Waals surface area (Å²) in [6, 6.07) is 6.69. The van der Waals surface area contributed by atoms with E-state index in [1.54, 1.807) is 24.3 Å². The van der Waals surface area contributed by atoms with Crippen molar-refractivity contribution in [3.8, 4) is 0 Å². The van der Waals surface area contributed by atoms with Crippen LogP contribution in [-0.4, -0.2) is 31.7 Å². The minimum Gasteiger partial charge on any atom is -0.480 e. The topological polar surface area (TPSA) is 92.4 Å². The predicted molar refractivity (Wildman–Crippen MR) is 54.3 cm³/mol. The second-order valence-corrected chi connectivity index (χ2v) is 3.21. The van der Waals surface area contributed by atoms with Gasteiger partial charge in [-0.15, -0.1) is 0 Å². The van der Waals surface area contributed by atoms with Crippen molar-refractivity contribution in [2.45, 2.75) is 6.54 Å². The van der Waals surface area contributed by atoms with Gasteiger partial charge in [0.1, 0.15) is 6.54 Å². The Morgan fingerprint density at radius 1 is 1.25 bits per heavy atom. The molecule has 0 atom stereocenters. The number of hydrogen-bond donors (Lipinski definition) is 2. The third kappa shape index (κ3) is 1.60. The van der Waals surface area contributed by atoms with Gasteiger partial charge in [0.2, 0.25) is 5.82 Å². The highest BCUT2D eigenvalue weighted by molar-refractivity contribution is 5.90. The molecule has 0 saturated heterocycles. The fraction of sp³-hybridized carbons (Fsp3) is 0.100. The Kier molecular flexibility index (Phi) is 2.32. The summed E-state index contributed by atoms with van der Waals surface area (Å²) in [5.41, 5.74) is 0.975. The van der Waals surface area contributed by atoms with Crippen molar-refractivity contribution >= 4 is 23.0 Å². The number of rotatable bonds is 3. The Hall–Kier alpha value is -2.37. The van der Waals surface area contributed by atoms with Gasteiger partial charge in [-0.1, -0.05) is 12.1 Å². The molecule has 2 aromatic rings. The molecule has 16 heavy (non-hydrogen) atoms. The van der Waals surface area contributed by atoms with Gasteiger partial charge in [-0.2, -0.15) is 0 Å². The van der Waals surface area contributed by atoms with Gasteiger partial charge in [-0.3, -0.25) is 4.79 Å². The van der Waals surface area contributed by atoms with Crippen LogP contribution in [0.3, 0.4) is 0 Å². The van der Waals surface area contributed by atoms with E-state index in [-0.39, 0.29) is 5.82 Å². The lowest BCUT2D eigenvalue weighted by Crippen LogP contribution is -2.15. The number of aromatic nitrogens is 2. The molecular formula is C10H8N2O4. The molecule has 82 valence electrons. The largest absolute Gasteiger partial charge is 0.480 e. The van der Waals surface area contributed by atoms with Crippen molar-refractivity contribution in [2.75, 3.05) is 0 Å². The molecule has 1 aromatic heterocycles. The van der Waals surface area contributed by atoms with Gasteiger partial charge in [-0.05, 0) is 12.1 Å². The van der Waals surface area contributed by atoms with Gasteiger partial charge >= 0.3 is 11.9 Å². The van der Waals surface area contributed by atoms with Gasteiger partial charge in [0.05, 0.1) is 11.0 Å². The maximum absolute atomic E-state index is 10.9. The summed E-state index contributed by atoms with van der Waals surface area (Å²) in [5.74, 6) is -2.60. The molecule has 0 bridgehead atoms. The second kappa shape index (κ2) is 3.65. The van der Waals surface area contributed by atoms with E-state index in [0.717, 1.165) is 0 Å². The van der Waals surface area contributed by atoms with E-state index in [0.29, 0.717) is 11.0 Å². The monoisotopic (exact) mass is 220 g/mol. The minimum absolute atomic E-state index is 0.261. The second-order valence-electron chi connectivity index (χ2n) is 3.21. The van der Waals surface area contributed by atoms with E-state index in [2.05, 4.69) is 4.98 Å². The summed E-state index contributed by atoms with van der Waals surface area (Å²) in [6.45, 7) is -0.415. The zero-order chi connectivity index (χ0) is 11.7. The number of benzene rings is 1. The molecule has 0 aliphatic heterocycles. The van der Waals surface area contributed by atoms with E-state index in [4.69, 9.17) is 10.2 Å². The van der Waals surface area contributed by atoms with Crippen LogP contribution >= 0.6 is 0 Å². The molecule has 6 nitrogen and oxygen atoms in total. The minimum atomic E-state index is -1.24. The number of aromatic carboxylic acids is 1. The molecule has 2 rings (SSSR count). The fourth-order valence-electron chi connectivity index (χ4n) is 1.53. The number of carbonyl (C=O) groups is 2. The zero-order valence-corrected chi connectivity index (χ0v) is 8.12. The van der Waals surface area contributed by atoms with Crippen LogP contribution in [0.4, 0.5) is 0 Å². The Balaban J connectivity index is 2.69. The van der Waals surface area contributed by atoms with Crippen LogP contribution in [0.1, 0.15) is 10.6 Å². The van der Waals surface area contributed by atoms with E-state index >= 15 is 0 Å². The number of hydrogen-bond acceptors (Lipinski definition) is 3. The molecular weight excluding hydrogens is 212 g/mol. The molecule has 0 fully saturated rings. The van der Waals surface area contributed by atoms with Gasteiger partial charge in [-0.25, -0.2) is 9.78 Å². The standard InChI is InChI=1S/C10H8N2O4/c13-8(14)5-12-7-4-2-1-3-6(7)11-9(12)10(15)16/h1-4H,5H2,(H,13,14)(H,15,16). The molecule has 0 unspecified atom stereocenters. The van der Waals surface area contributed by atoms with Crippen molar-refractivity contribution < 1.29 is 19.8 Å². The number of imidazole rings is 1. The average molecular weight is 220 g/mol. The zero-order valence-electron chi connectivity index (χ0n) is 8.12. The predicted octanol–water partition coefficient (Wildman–Crippen LogP) is 0.819. The first kappa shape index (κ1) is 10.2. The third-order valence-electron chi connectivity index (χ3n) is 2.14. The first-order chi connectivity index (χ1) is 7.59. The molecule has 6 heteroatoms. The summed E-state index contributed by atoms with van der Waals surface area (Å²) in [4.78, 5) is 25.4. The Bertz CT molecular complexity index is 573. The summed E-state index contributed by atoms with van der Waals surface area (Å²) in [7, 11) is 0. The van der Waals surface area contributed by atoms with Crippen molar-refractivity contribution in [3.63, 3.8) is 0 Å². The number of carboxylic acid groups (broad SMARTS) is 2. The van der Waals surface area contributed by atoms with Crippen LogP contribution in [0.5, 0.6) is 0 Å². The normalized spacial score (nSPS) is 10.5. The number of aliphatic carboxylic acids is 1. The summed E-state index contributed by atoms with van der Waals surface area (Å²) >= 11 is 0. The molecule has 1 heterocycles. The summed E-state index contributed by atoms with van der Waals surface area (Å²) < 4.78 is 1.17. The smallest absolute Gasteiger partial charge is 0.372 e. The van der Waals surface area contributed by atoms with E-state index < -0.39 is 18.5 Å². The molecule has 0 amide bonds. The summed E-state index contributed by atoms with van der Waals surface area (Å²) in [5, 5.41) is 17.6. The lowest BCUT2D eigenvalue weighted by Gasteiger charge is -2.01. The maximum atomic E-state index is 10.9. The molecule has 0 aliphatic rings.